The van der Waals surface area contributed by atoms with Gasteiger partial charge in [0, 0.05) is 7.11 Å². The monoisotopic (exact) mass is 282 g/mol. The molecule has 2 rings (SSSR count). The number of rotatable bonds is 4. The van der Waals surface area contributed by atoms with Crippen molar-refractivity contribution in [3.05, 3.63) is 0 Å². The summed E-state index contributed by atoms with van der Waals surface area (Å²) in [5.74, 6) is 0.168. The van der Waals surface area contributed by atoms with Gasteiger partial charge < -0.3 is 15.0 Å². The van der Waals surface area contributed by atoms with Gasteiger partial charge in [0.1, 0.15) is 12.1 Å². The van der Waals surface area contributed by atoms with Crippen LogP contribution >= 0.6 is 0 Å². The topological polar surface area (TPSA) is 58.6 Å². The van der Waals surface area contributed by atoms with E-state index in [1.54, 1.807) is 12.0 Å². The van der Waals surface area contributed by atoms with Crippen molar-refractivity contribution < 1.29 is 14.3 Å². The maximum atomic E-state index is 12.8. The number of hydrogen-bond donors (Lipinski definition) is 1. The van der Waals surface area contributed by atoms with Crippen LogP contribution in [0.5, 0.6) is 0 Å². The summed E-state index contributed by atoms with van der Waals surface area (Å²) in [6.07, 6.45) is 3.87. The van der Waals surface area contributed by atoms with Crippen LogP contribution in [0.4, 0.5) is 0 Å². The van der Waals surface area contributed by atoms with Crippen LogP contribution in [-0.2, 0) is 14.3 Å². The van der Waals surface area contributed by atoms with E-state index >= 15 is 0 Å². The first-order chi connectivity index (χ1) is 9.51. The third kappa shape index (κ3) is 2.55. The smallest absolute Gasteiger partial charge is 0.246 e. The molecule has 0 aromatic heterocycles. The molecule has 0 radical (unpaired) electrons. The second kappa shape index (κ2) is 6.12. The lowest BCUT2D eigenvalue weighted by molar-refractivity contribution is -0.155. The van der Waals surface area contributed by atoms with Crippen molar-refractivity contribution in [2.45, 2.75) is 70.7 Å². The predicted molar refractivity (Wildman–Crippen MR) is 76.1 cm³/mol. The van der Waals surface area contributed by atoms with Gasteiger partial charge >= 0.3 is 0 Å². The largest absolute Gasteiger partial charge is 0.379 e. The highest BCUT2D eigenvalue weighted by atomic mass is 16.5. The molecule has 5 unspecified atom stereocenters. The second-order valence-corrected chi connectivity index (χ2v) is 6.07. The van der Waals surface area contributed by atoms with E-state index in [0.29, 0.717) is 0 Å². The molecule has 1 saturated carbocycles. The molecule has 2 fully saturated rings. The Balaban J connectivity index is 2.24. The first-order valence-corrected chi connectivity index (χ1v) is 7.66. The quantitative estimate of drug-likeness (QED) is 0.846. The average molecular weight is 282 g/mol. The minimum atomic E-state index is -0.399. The highest BCUT2D eigenvalue weighted by Crippen LogP contribution is 2.30. The van der Waals surface area contributed by atoms with Crippen molar-refractivity contribution in [1.82, 2.24) is 10.2 Å². The van der Waals surface area contributed by atoms with Crippen LogP contribution in [0.1, 0.15) is 46.5 Å². The van der Waals surface area contributed by atoms with Crippen LogP contribution in [0, 0.1) is 5.92 Å². The molecule has 1 aliphatic heterocycles. The molecule has 5 nitrogen and oxygen atoms in total. The number of amides is 2. The fourth-order valence-electron chi connectivity index (χ4n) is 3.38. The Morgan fingerprint density at radius 3 is 2.70 bits per heavy atom. The summed E-state index contributed by atoms with van der Waals surface area (Å²) < 4.78 is 5.51. The van der Waals surface area contributed by atoms with Crippen LogP contribution in [0.3, 0.4) is 0 Å². The highest BCUT2D eigenvalue weighted by molar-refractivity contribution is 5.97. The molecule has 1 aliphatic carbocycles. The molecule has 2 amide bonds. The standard InChI is InChI=1S/C15H26N2O3/c1-5-9(2)13-15(19)17(10(3)14(18)16-13)11-7-6-8-12(11)20-4/h9-13H,5-8H2,1-4H3,(H,16,18). The summed E-state index contributed by atoms with van der Waals surface area (Å²) in [6.45, 7) is 5.87. The van der Waals surface area contributed by atoms with Crippen molar-refractivity contribution in [2.75, 3.05) is 7.11 Å². The lowest BCUT2D eigenvalue weighted by Crippen LogP contribution is -2.67. The van der Waals surface area contributed by atoms with Crippen LogP contribution < -0.4 is 5.32 Å². The third-order valence-electron chi connectivity index (χ3n) is 4.91. The molecule has 114 valence electrons. The number of carbonyl (C=O) groups is 2. The minimum absolute atomic E-state index is 0.0418. The van der Waals surface area contributed by atoms with E-state index in [0.717, 1.165) is 25.7 Å². The van der Waals surface area contributed by atoms with E-state index in [-0.39, 0.29) is 35.9 Å². The van der Waals surface area contributed by atoms with Crippen LogP contribution in [-0.4, -0.2) is 48.1 Å². The summed E-state index contributed by atoms with van der Waals surface area (Å²) >= 11 is 0. The van der Waals surface area contributed by atoms with Gasteiger partial charge in [0.05, 0.1) is 12.1 Å². The van der Waals surface area contributed by atoms with Gasteiger partial charge in [0.15, 0.2) is 0 Å². The number of carbonyl (C=O) groups excluding carboxylic acids is 2. The lowest BCUT2D eigenvalue weighted by Gasteiger charge is -2.43. The minimum Gasteiger partial charge on any atom is -0.379 e. The molecule has 0 aromatic carbocycles. The molecule has 5 heteroatoms. The Hall–Kier alpha value is -1.10. The number of nitrogens with zero attached hydrogens (tertiary/aromatic N) is 1. The van der Waals surface area contributed by atoms with Gasteiger partial charge in [-0.3, -0.25) is 9.59 Å². The molecule has 0 aromatic rings. The van der Waals surface area contributed by atoms with Crippen molar-refractivity contribution in [3.63, 3.8) is 0 Å². The fraction of sp³-hybridized carbons (Fsp3) is 0.867. The molecule has 0 bridgehead atoms. The summed E-state index contributed by atoms with van der Waals surface area (Å²) in [5.41, 5.74) is 0. The zero-order valence-electron chi connectivity index (χ0n) is 12.9. The van der Waals surface area contributed by atoms with Gasteiger partial charge in [-0.2, -0.15) is 0 Å². The fourth-order valence-corrected chi connectivity index (χ4v) is 3.38. The molecular weight excluding hydrogens is 256 g/mol. The van der Waals surface area contributed by atoms with Crippen molar-refractivity contribution in [1.29, 1.82) is 0 Å². The van der Waals surface area contributed by atoms with Gasteiger partial charge in [0.25, 0.3) is 0 Å². The Kier molecular flexibility index (Phi) is 4.68. The van der Waals surface area contributed by atoms with E-state index < -0.39 is 6.04 Å². The summed E-state index contributed by atoms with van der Waals surface area (Å²) in [7, 11) is 1.69. The molecule has 1 N–H and O–H groups in total. The molecular formula is C15H26N2O3. The van der Waals surface area contributed by atoms with Gasteiger partial charge in [-0.05, 0) is 32.1 Å². The van der Waals surface area contributed by atoms with Gasteiger partial charge in [-0.25, -0.2) is 0 Å². The first kappa shape index (κ1) is 15.3. The highest BCUT2D eigenvalue weighted by Gasteiger charge is 2.46. The Bertz CT molecular complexity index is 385. The third-order valence-corrected chi connectivity index (χ3v) is 4.91. The normalized spacial score (nSPS) is 36.1. The van der Waals surface area contributed by atoms with E-state index in [9.17, 15) is 9.59 Å². The maximum absolute atomic E-state index is 12.8. The summed E-state index contributed by atoms with van der Waals surface area (Å²) in [6, 6.07) is -0.745. The summed E-state index contributed by atoms with van der Waals surface area (Å²) in [5, 5.41) is 2.88. The van der Waals surface area contributed by atoms with E-state index in [1.807, 2.05) is 20.8 Å². The van der Waals surface area contributed by atoms with Crippen molar-refractivity contribution in [2.24, 2.45) is 5.92 Å². The van der Waals surface area contributed by atoms with E-state index in [4.69, 9.17) is 4.74 Å². The molecule has 20 heavy (non-hydrogen) atoms. The number of nitrogens with one attached hydrogen (secondary N) is 1. The van der Waals surface area contributed by atoms with E-state index in [2.05, 4.69) is 5.32 Å². The lowest BCUT2D eigenvalue weighted by atomic mass is 9.93. The molecule has 5 atom stereocenters. The van der Waals surface area contributed by atoms with Crippen molar-refractivity contribution in [3.8, 4) is 0 Å². The van der Waals surface area contributed by atoms with Gasteiger partial charge in [0.2, 0.25) is 11.8 Å². The van der Waals surface area contributed by atoms with Crippen molar-refractivity contribution >= 4 is 11.8 Å². The summed E-state index contributed by atoms with van der Waals surface area (Å²) in [4.78, 5) is 26.8. The maximum Gasteiger partial charge on any atom is 0.246 e. The predicted octanol–water partition coefficient (Wildman–Crippen LogP) is 1.32. The molecule has 2 aliphatic rings. The molecule has 1 heterocycles. The Morgan fingerprint density at radius 1 is 1.40 bits per heavy atom. The van der Waals surface area contributed by atoms with Crippen LogP contribution in [0.15, 0.2) is 0 Å². The van der Waals surface area contributed by atoms with Gasteiger partial charge in [-0.1, -0.05) is 20.3 Å². The van der Waals surface area contributed by atoms with Crippen LogP contribution in [0.2, 0.25) is 0 Å². The van der Waals surface area contributed by atoms with E-state index in [1.165, 1.54) is 0 Å². The Labute approximate surface area is 121 Å². The molecule has 1 saturated heterocycles. The number of hydrogen-bond acceptors (Lipinski definition) is 3. The number of ether oxygens (including phenoxy) is 1. The zero-order chi connectivity index (χ0) is 14.9. The van der Waals surface area contributed by atoms with Gasteiger partial charge in [-0.15, -0.1) is 0 Å². The average Bonchev–Trinajstić information content (AvgIpc) is 2.90. The second-order valence-electron chi connectivity index (χ2n) is 6.07. The number of methoxy groups -OCH3 is 1. The first-order valence-electron chi connectivity index (χ1n) is 7.66. The zero-order valence-corrected chi connectivity index (χ0v) is 12.9. The number of piperazine rings is 1. The van der Waals surface area contributed by atoms with Crippen LogP contribution in [0.25, 0.3) is 0 Å². The SMILES string of the molecule is CCC(C)C1NC(=O)C(C)N(C2CCCC2OC)C1=O. The molecule has 0 spiro atoms. The Morgan fingerprint density at radius 2 is 2.10 bits per heavy atom.